The summed E-state index contributed by atoms with van der Waals surface area (Å²) in [4.78, 5) is 11.7. The minimum atomic E-state index is -0.186. The molecule has 0 aliphatic rings. The van der Waals surface area contributed by atoms with Gasteiger partial charge in [-0.1, -0.05) is 13.3 Å². The van der Waals surface area contributed by atoms with Gasteiger partial charge in [-0.25, -0.2) is 0 Å². The van der Waals surface area contributed by atoms with Crippen LogP contribution in [0, 0.1) is 6.92 Å². The lowest BCUT2D eigenvalue weighted by molar-refractivity contribution is 0.248. The van der Waals surface area contributed by atoms with Crippen LogP contribution in [0.4, 0.5) is 0 Å². The first kappa shape index (κ1) is 12.8. The summed E-state index contributed by atoms with van der Waals surface area (Å²) in [5.74, 6) is 0.282. The van der Waals surface area contributed by atoms with Crippen molar-refractivity contribution in [3.63, 3.8) is 0 Å². The van der Waals surface area contributed by atoms with Crippen LogP contribution in [-0.4, -0.2) is 16.3 Å². The minimum Gasteiger partial charge on any atom is -0.488 e. The maximum absolute atomic E-state index is 11.7. The number of hydrogen-bond acceptors (Lipinski definition) is 3. The third kappa shape index (κ3) is 2.64. The van der Waals surface area contributed by atoms with Crippen LogP contribution in [0.2, 0.25) is 0 Å². The highest BCUT2D eigenvalue weighted by Gasteiger charge is 2.11. The van der Waals surface area contributed by atoms with E-state index in [0.29, 0.717) is 12.3 Å². The van der Waals surface area contributed by atoms with Gasteiger partial charge in [-0.05, 0) is 13.3 Å². The van der Waals surface area contributed by atoms with Gasteiger partial charge in [0.25, 0.3) is 0 Å². The van der Waals surface area contributed by atoms with E-state index in [1.165, 1.54) is 6.07 Å². The minimum absolute atomic E-state index is 0.157. The van der Waals surface area contributed by atoms with E-state index < -0.39 is 0 Å². The van der Waals surface area contributed by atoms with Gasteiger partial charge in [0, 0.05) is 18.8 Å². The van der Waals surface area contributed by atoms with Crippen LogP contribution in [0.5, 0.6) is 5.75 Å². The number of hydrogen-bond donors (Lipinski definition) is 1. The molecule has 0 saturated carbocycles. The lowest BCUT2D eigenvalue weighted by atomic mass is 10.2. The van der Waals surface area contributed by atoms with Gasteiger partial charge in [0.1, 0.15) is 0 Å². The van der Waals surface area contributed by atoms with Gasteiger partial charge < -0.3 is 14.4 Å². The summed E-state index contributed by atoms with van der Waals surface area (Å²) in [6.45, 7) is 4.22. The predicted molar refractivity (Wildman–Crippen MR) is 62.7 cm³/mol. The molecule has 0 saturated heterocycles. The van der Waals surface area contributed by atoms with Crippen LogP contribution in [0.3, 0.4) is 0 Å². The fourth-order valence-corrected chi connectivity index (χ4v) is 1.51. The van der Waals surface area contributed by atoms with E-state index in [2.05, 4.69) is 6.92 Å². The lowest BCUT2D eigenvalue weighted by Gasteiger charge is -2.15. The molecule has 1 aromatic rings. The molecule has 0 fully saturated rings. The molecule has 4 nitrogen and oxygen atoms in total. The molecule has 1 rings (SSSR count). The van der Waals surface area contributed by atoms with E-state index in [4.69, 9.17) is 4.74 Å². The van der Waals surface area contributed by atoms with Crippen LogP contribution in [0.25, 0.3) is 0 Å². The average Bonchev–Trinajstić information content (AvgIpc) is 2.26. The lowest BCUT2D eigenvalue weighted by Crippen LogP contribution is -2.18. The average molecular weight is 225 g/mol. The van der Waals surface area contributed by atoms with Crippen LogP contribution in [0.1, 0.15) is 31.2 Å². The van der Waals surface area contributed by atoms with Crippen molar-refractivity contribution in [1.82, 2.24) is 4.57 Å². The Hall–Kier alpha value is -1.29. The second-order valence-electron chi connectivity index (χ2n) is 3.84. The zero-order valence-corrected chi connectivity index (χ0v) is 10.1. The molecule has 0 spiro atoms. The Balaban J connectivity index is 3.06. The summed E-state index contributed by atoms with van der Waals surface area (Å²) in [6.07, 6.45) is 1.92. The Kier molecular flexibility index (Phi) is 4.55. The molecule has 1 N–H and O–H groups in total. The molecule has 0 aliphatic heterocycles. The van der Waals surface area contributed by atoms with E-state index in [-0.39, 0.29) is 17.8 Å². The molecule has 4 heteroatoms. The van der Waals surface area contributed by atoms with Crippen molar-refractivity contribution in [2.24, 2.45) is 7.05 Å². The molecule has 90 valence electrons. The summed E-state index contributed by atoms with van der Waals surface area (Å²) in [7, 11) is 1.81. The van der Waals surface area contributed by atoms with Crippen LogP contribution < -0.4 is 10.2 Å². The van der Waals surface area contributed by atoms with Crippen LogP contribution >= 0.6 is 0 Å². The Bertz CT molecular complexity index is 409. The van der Waals surface area contributed by atoms with Gasteiger partial charge in [-0.2, -0.15) is 0 Å². The number of nitrogens with zero attached hydrogens (tertiary/aromatic N) is 1. The van der Waals surface area contributed by atoms with Gasteiger partial charge in [-0.15, -0.1) is 0 Å². The van der Waals surface area contributed by atoms with Crippen LogP contribution in [0.15, 0.2) is 10.9 Å². The molecule has 0 radical (unpaired) electrons. The SMILES string of the molecule is CCCCOc1c(CO)n(C)c(C)cc1=O. The molecule has 1 aromatic heterocycles. The summed E-state index contributed by atoms with van der Waals surface area (Å²) >= 11 is 0. The van der Waals surface area contributed by atoms with E-state index in [1.807, 2.05) is 14.0 Å². The highest BCUT2D eigenvalue weighted by atomic mass is 16.5. The summed E-state index contributed by atoms with van der Waals surface area (Å²) < 4.78 is 7.22. The van der Waals surface area contributed by atoms with Gasteiger partial charge in [0.2, 0.25) is 5.43 Å². The molecule has 0 bridgehead atoms. The predicted octanol–water partition coefficient (Wildman–Crippen LogP) is 1.36. The highest BCUT2D eigenvalue weighted by Crippen LogP contribution is 2.14. The third-order valence-electron chi connectivity index (χ3n) is 2.65. The normalized spacial score (nSPS) is 10.5. The maximum Gasteiger partial charge on any atom is 0.224 e. The second kappa shape index (κ2) is 5.70. The Labute approximate surface area is 95.5 Å². The van der Waals surface area contributed by atoms with Gasteiger partial charge >= 0.3 is 0 Å². The fourth-order valence-electron chi connectivity index (χ4n) is 1.51. The Morgan fingerprint density at radius 3 is 2.75 bits per heavy atom. The molecular weight excluding hydrogens is 206 g/mol. The van der Waals surface area contributed by atoms with Crippen molar-refractivity contribution in [1.29, 1.82) is 0 Å². The van der Waals surface area contributed by atoms with Gasteiger partial charge in [-0.3, -0.25) is 4.79 Å². The molecule has 0 unspecified atom stereocenters. The van der Waals surface area contributed by atoms with E-state index in [1.54, 1.807) is 4.57 Å². The first-order chi connectivity index (χ1) is 7.61. The molecule has 0 atom stereocenters. The van der Waals surface area contributed by atoms with Gasteiger partial charge in [0.15, 0.2) is 5.75 Å². The molecule has 0 aliphatic carbocycles. The van der Waals surface area contributed by atoms with E-state index >= 15 is 0 Å². The zero-order valence-electron chi connectivity index (χ0n) is 10.1. The highest BCUT2D eigenvalue weighted by molar-refractivity contribution is 5.30. The topological polar surface area (TPSA) is 51.5 Å². The zero-order chi connectivity index (χ0) is 12.1. The monoisotopic (exact) mass is 225 g/mol. The molecule has 16 heavy (non-hydrogen) atoms. The first-order valence-electron chi connectivity index (χ1n) is 5.55. The molecule has 1 heterocycles. The van der Waals surface area contributed by atoms with E-state index in [0.717, 1.165) is 18.5 Å². The largest absolute Gasteiger partial charge is 0.488 e. The van der Waals surface area contributed by atoms with Crippen molar-refractivity contribution in [3.05, 3.63) is 27.7 Å². The number of aliphatic hydroxyl groups excluding tert-OH is 1. The number of pyridine rings is 1. The number of ether oxygens (including phenoxy) is 1. The van der Waals surface area contributed by atoms with Crippen molar-refractivity contribution < 1.29 is 9.84 Å². The number of aliphatic hydroxyl groups is 1. The Morgan fingerprint density at radius 2 is 2.19 bits per heavy atom. The number of unbranched alkanes of at least 4 members (excludes halogenated alkanes) is 1. The fraction of sp³-hybridized carbons (Fsp3) is 0.583. The number of rotatable bonds is 5. The van der Waals surface area contributed by atoms with Crippen LogP contribution in [-0.2, 0) is 13.7 Å². The van der Waals surface area contributed by atoms with Crippen molar-refractivity contribution >= 4 is 0 Å². The van der Waals surface area contributed by atoms with Crippen molar-refractivity contribution in [2.75, 3.05) is 6.61 Å². The first-order valence-corrected chi connectivity index (χ1v) is 5.55. The summed E-state index contributed by atoms with van der Waals surface area (Å²) in [5.41, 5.74) is 1.20. The molecular formula is C12H19NO3. The third-order valence-corrected chi connectivity index (χ3v) is 2.65. The van der Waals surface area contributed by atoms with Crippen molar-refractivity contribution in [3.8, 4) is 5.75 Å². The summed E-state index contributed by atoms with van der Waals surface area (Å²) in [6, 6.07) is 1.53. The molecule has 0 amide bonds. The second-order valence-corrected chi connectivity index (χ2v) is 3.84. The summed E-state index contributed by atoms with van der Waals surface area (Å²) in [5, 5.41) is 9.26. The standard InChI is InChI=1S/C12H19NO3/c1-4-5-6-16-12-10(8-14)13(3)9(2)7-11(12)15/h7,14H,4-6,8H2,1-3H3. The van der Waals surface area contributed by atoms with Gasteiger partial charge in [0.05, 0.1) is 18.9 Å². The van der Waals surface area contributed by atoms with E-state index in [9.17, 15) is 9.90 Å². The Morgan fingerprint density at radius 1 is 1.50 bits per heavy atom. The maximum atomic E-state index is 11.7. The molecule has 0 aromatic carbocycles. The number of aryl methyl sites for hydroxylation is 1. The quantitative estimate of drug-likeness (QED) is 0.770. The van der Waals surface area contributed by atoms with Crippen molar-refractivity contribution in [2.45, 2.75) is 33.3 Å². The number of aromatic nitrogens is 1. The smallest absolute Gasteiger partial charge is 0.224 e.